The largest absolute Gasteiger partial charge is 0.351 e. The lowest BCUT2D eigenvalue weighted by Gasteiger charge is -2.44. The molecule has 23 heavy (non-hydrogen) atoms. The van der Waals surface area contributed by atoms with E-state index >= 15 is 0 Å². The van der Waals surface area contributed by atoms with Crippen molar-refractivity contribution in [2.75, 3.05) is 19.6 Å². The third-order valence-electron chi connectivity index (χ3n) is 4.92. The Morgan fingerprint density at radius 1 is 1.30 bits per heavy atom. The molecule has 1 amide bonds. The Morgan fingerprint density at radius 2 is 2.13 bits per heavy atom. The summed E-state index contributed by atoms with van der Waals surface area (Å²) in [4.78, 5) is 21.7. The zero-order chi connectivity index (χ0) is 15.8. The summed E-state index contributed by atoms with van der Waals surface area (Å²) in [6.07, 6.45) is 5.06. The second-order valence-corrected chi connectivity index (χ2v) is 6.40. The van der Waals surface area contributed by atoms with Gasteiger partial charge in [-0.25, -0.2) is 4.39 Å². The van der Waals surface area contributed by atoms with Crippen molar-refractivity contribution in [3.05, 3.63) is 42.1 Å². The molecule has 0 radical (unpaired) electrons. The number of carbonyl (C=O) groups excluding carboxylic acids is 1. The average molecular weight is 314 g/mol. The van der Waals surface area contributed by atoms with Crippen LogP contribution in [0.4, 0.5) is 4.39 Å². The number of hydrogen-bond acceptors (Lipinski definition) is 3. The normalized spacial score (nSPS) is 26.2. The molecular formula is C17H19FN4O. The van der Waals surface area contributed by atoms with Crippen LogP contribution in [0.2, 0.25) is 0 Å². The predicted molar refractivity (Wildman–Crippen MR) is 84.4 cm³/mol. The van der Waals surface area contributed by atoms with E-state index in [4.69, 9.17) is 0 Å². The first kappa shape index (κ1) is 14.4. The fourth-order valence-electron chi connectivity index (χ4n) is 3.63. The van der Waals surface area contributed by atoms with Gasteiger partial charge in [0.05, 0.1) is 6.20 Å². The second-order valence-electron chi connectivity index (χ2n) is 6.40. The van der Waals surface area contributed by atoms with Crippen LogP contribution in [-0.4, -0.2) is 46.5 Å². The first-order valence-electron chi connectivity index (χ1n) is 8.02. The summed E-state index contributed by atoms with van der Waals surface area (Å²) >= 11 is 0. The van der Waals surface area contributed by atoms with Crippen molar-refractivity contribution < 1.29 is 9.18 Å². The van der Waals surface area contributed by atoms with Crippen LogP contribution in [-0.2, 0) is 0 Å². The second kappa shape index (κ2) is 5.77. The smallest absolute Gasteiger partial charge is 0.267 e. The van der Waals surface area contributed by atoms with Gasteiger partial charge in [0.1, 0.15) is 11.5 Å². The van der Waals surface area contributed by atoms with Crippen LogP contribution in [0.5, 0.6) is 0 Å². The molecule has 2 N–H and O–H groups in total. The maximum absolute atomic E-state index is 13.3. The molecule has 120 valence electrons. The van der Waals surface area contributed by atoms with E-state index in [-0.39, 0.29) is 11.9 Å². The standard InChI is InChI=1S/C17H19FN4O/c18-13-7-12(8-19-9-13)14-1-2-15(20-14)17(23)21-16-10-22-5-3-11(16)4-6-22/h1-2,7-9,11,16,20H,3-6,10H2,(H,21,23)/t16-/m0/s1. The zero-order valence-corrected chi connectivity index (χ0v) is 12.8. The number of aromatic nitrogens is 2. The van der Waals surface area contributed by atoms with Gasteiger partial charge in [0, 0.05) is 30.0 Å². The maximum Gasteiger partial charge on any atom is 0.267 e. The van der Waals surface area contributed by atoms with Gasteiger partial charge >= 0.3 is 0 Å². The maximum atomic E-state index is 13.3. The quantitative estimate of drug-likeness (QED) is 0.911. The number of piperidine rings is 3. The van der Waals surface area contributed by atoms with Gasteiger partial charge in [-0.1, -0.05) is 0 Å². The summed E-state index contributed by atoms with van der Waals surface area (Å²) in [5.74, 6) is 0.0977. The van der Waals surface area contributed by atoms with Gasteiger partial charge in [0.2, 0.25) is 0 Å². The fourth-order valence-corrected chi connectivity index (χ4v) is 3.63. The molecule has 5 heterocycles. The van der Waals surface area contributed by atoms with Crippen LogP contribution in [0.1, 0.15) is 23.3 Å². The van der Waals surface area contributed by atoms with E-state index < -0.39 is 5.82 Å². The third kappa shape index (κ3) is 2.86. The predicted octanol–water partition coefficient (Wildman–Crippen LogP) is 2.04. The highest BCUT2D eigenvalue weighted by atomic mass is 19.1. The Labute approximate surface area is 133 Å². The van der Waals surface area contributed by atoms with Crippen molar-refractivity contribution in [3.8, 4) is 11.3 Å². The van der Waals surface area contributed by atoms with Crippen molar-refractivity contribution in [1.29, 1.82) is 0 Å². The summed E-state index contributed by atoms with van der Waals surface area (Å²) < 4.78 is 13.3. The summed E-state index contributed by atoms with van der Waals surface area (Å²) in [7, 11) is 0. The molecular weight excluding hydrogens is 295 g/mol. The summed E-state index contributed by atoms with van der Waals surface area (Å²) in [5.41, 5.74) is 1.82. The Morgan fingerprint density at radius 3 is 2.83 bits per heavy atom. The molecule has 0 aromatic carbocycles. The monoisotopic (exact) mass is 314 g/mol. The summed E-state index contributed by atoms with van der Waals surface area (Å²) in [5, 5.41) is 3.14. The van der Waals surface area contributed by atoms with Crippen LogP contribution in [0.3, 0.4) is 0 Å². The first-order chi connectivity index (χ1) is 11.2. The lowest BCUT2D eigenvalue weighted by molar-refractivity contribution is 0.0618. The van der Waals surface area contributed by atoms with Crippen molar-refractivity contribution >= 4 is 5.91 Å². The van der Waals surface area contributed by atoms with Gasteiger partial charge in [-0.3, -0.25) is 9.78 Å². The minimum absolute atomic E-state index is 0.0978. The van der Waals surface area contributed by atoms with E-state index in [0.29, 0.717) is 22.9 Å². The molecule has 6 heteroatoms. The number of fused-ring (bicyclic) bond motifs is 3. The molecule has 5 rings (SSSR count). The Hall–Kier alpha value is -2.21. The SMILES string of the molecule is O=C(N[C@H]1CN2CCC1CC2)c1ccc(-c2cncc(F)c2)[nH]1. The number of hydrogen-bond donors (Lipinski definition) is 2. The van der Waals surface area contributed by atoms with Crippen LogP contribution >= 0.6 is 0 Å². The number of rotatable bonds is 3. The molecule has 3 fully saturated rings. The summed E-state index contributed by atoms with van der Waals surface area (Å²) in [6, 6.07) is 5.14. The molecule has 2 bridgehead atoms. The average Bonchev–Trinajstić information content (AvgIpc) is 3.06. The molecule has 3 aliphatic heterocycles. The molecule has 0 unspecified atom stereocenters. The van der Waals surface area contributed by atoms with E-state index in [1.165, 1.54) is 6.07 Å². The number of pyridine rings is 1. The molecule has 5 nitrogen and oxygen atoms in total. The zero-order valence-electron chi connectivity index (χ0n) is 12.8. The highest BCUT2D eigenvalue weighted by Crippen LogP contribution is 2.27. The first-order valence-corrected chi connectivity index (χ1v) is 8.02. The number of carbonyl (C=O) groups is 1. The van der Waals surface area contributed by atoms with E-state index in [1.807, 2.05) is 0 Å². The van der Waals surface area contributed by atoms with Crippen molar-refractivity contribution in [3.63, 3.8) is 0 Å². The molecule has 0 saturated carbocycles. The number of nitrogens with one attached hydrogen (secondary N) is 2. The van der Waals surface area contributed by atoms with Gasteiger partial charge in [-0.15, -0.1) is 0 Å². The lowest BCUT2D eigenvalue weighted by atomic mass is 9.84. The number of halogens is 1. The van der Waals surface area contributed by atoms with Crippen molar-refractivity contribution in [2.24, 2.45) is 5.92 Å². The van der Waals surface area contributed by atoms with Gasteiger partial charge < -0.3 is 15.2 Å². The number of nitrogens with zero attached hydrogens (tertiary/aromatic N) is 2. The number of H-pyrrole nitrogens is 1. The lowest BCUT2D eigenvalue weighted by Crippen LogP contribution is -2.57. The Balaban J connectivity index is 1.47. The van der Waals surface area contributed by atoms with Crippen molar-refractivity contribution in [2.45, 2.75) is 18.9 Å². The number of amides is 1. The Bertz CT molecular complexity index is 721. The van der Waals surface area contributed by atoms with Gasteiger partial charge in [-0.2, -0.15) is 0 Å². The molecule has 3 saturated heterocycles. The fraction of sp³-hybridized carbons (Fsp3) is 0.412. The van der Waals surface area contributed by atoms with Crippen molar-refractivity contribution in [1.82, 2.24) is 20.2 Å². The molecule has 1 atom stereocenters. The topological polar surface area (TPSA) is 61.0 Å². The molecule has 2 aromatic heterocycles. The van der Waals surface area contributed by atoms with E-state index in [0.717, 1.165) is 38.7 Å². The highest BCUT2D eigenvalue weighted by molar-refractivity contribution is 5.93. The molecule has 0 spiro atoms. The molecule has 3 aliphatic rings. The molecule has 0 aliphatic carbocycles. The highest BCUT2D eigenvalue weighted by Gasteiger charge is 2.35. The van der Waals surface area contributed by atoms with Gasteiger partial charge in [-0.05, 0) is 50.0 Å². The van der Waals surface area contributed by atoms with Crippen LogP contribution in [0.25, 0.3) is 11.3 Å². The van der Waals surface area contributed by atoms with Gasteiger partial charge in [0.25, 0.3) is 5.91 Å². The number of aromatic amines is 1. The van der Waals surface area contributed by atoms with Crippen LogP contribution < -0.4 is 5.32 Å². The molecule has 2 aromatic rings. The van der Waals surface area contributed by atoms with E-state index in [2.05, 4.69) is 20.2 Å². The third-order valence-corrected chi connectivity index (χ3v) is 4.92. The summed E-state index contributed by atoms with van der Waals surface area (Å²) in [6.45, 7) is 3.24. The van der Waals surface area contributed by atoms with E-state index in [1.54, 1.807) is 18.3 Å². The Kier molecular flexibility index (Phi) is 3.61. The minimum Gasteiger partial charge on any atom is -0.351 e. The van der Waals surface area contributed by atoms with Crippen LogP contribution in [0, 0.1) is 11.7 Å². The van der Waals surface area contributed by atoms with Crippen LogP contribution in [0.15, 0.2) is 30.6 Å². The van der Waals surface area contributed by atoms with E-state index in [9.17, 15) is 9.18 Å². The van der Waals surface area contributed by atoms with Gasteiger partial charge in [0.15, 0.2) is 0 Å². The minimum atomic E-state index is -0.393.